The maximum Gasteiger partial charge on any atom is 0.365 e. The van der Waals surface area contributed by atoms with Crippen molar-refractivity contribution in [1.29, 1.82) is 5.26 Å². The summed E-state index contributed by atoms with van der Waals surface area (Å²) >= 11 is 6.45. The third-order valence-corrected chi connectivity index (χ3v) is 9.02. The van der Waals surface area contributed by atoms with Crippen LogP contribution in [0, 0.1) is 25.2 Å². The molecule has 0 saturated heterocycles. The summed E-state index contributed by atoms with van der Waals surface area (Å²) in [6.45, 7) is 5.28. The van der Waals surface area contributed by atoms with E-state index < -0.39 is 24.5 Å². The quantitative estimate of drug-likeness (QED) is 0.150. The van der Waals surface area contributed by atoms with Crippen LogP contribution in [0.5, 0.6) is 0 Å². The lowest BCUT2D eigenvalue weighted by Gasteiger charge is -2.15. The number of carbonyl (C=O) groups is 1. The van der Waals surface area contributed by atoms with E-state index in [2.05, 4.69) is 0 Å². The monoisotopic (exact) mass is 565 g/mol. The van der Waals surface area contributed by atoms with Crippen LogP contribution in [0.2, 0.25) is 5.02 Å². The Balaban J connectivity index is 2.30. The molecular formula is C28H23ClN2O5PS+. The Bertz CT molecular complexity index is 1770. The van der Waals surface area contributed by atoms with E-state index in [4.69, 9.17) is 21.6 Å². The molecule has 4 rings (SSSR count). The molecule has 0 N–H and O–H groups in total. The maximum absolute atomic E-state index is 14.1. The molecule has 0 saturated carbocycles. The molecule has 1 heterocycles. The molecule has 0 amide bonds. The predicted octanol–water partition coefficient (Wildman–Crippen LogP) is 6.18. The summed E-state index contributed by atoms with van der Waals surface area (Å²) in [6.07, 6.45) is 2.97. The molecule has 1 unspecified atom stereocenters. The van der Waals surface area contributed by atoms with Crippen molar-refractivity contribution in [2.75, 3.05) is 6.61 Å². The standard InChI is InChI=1S/C28H22ClN2O5PS/c1-4-36-28(32)26-24(21-16-17(2)15-19(18(21)3)9-8-14-30)25-23(13-12-22(29)27(25)37-33)31(26)38(34,35)20-10-6-5-7-11-20/h5-13,15-16H,4H2,1-3H3/p+1. The molecule has 0 aliphatic rings. The summed E-state index contributed by atoms with van der Waals surface area (Å²) in [5.41, 5.74) is 2.88. The number of nitrogens with zero attached hydrogens (tertiary/aromatic N) is 2. The molecule has 0 fully saturated rings. The summed E-state index contributed by atoms with van der Waals surface area (Å²) in [4.78, 5) is 13.5. The zero-order chi connectivity index (χ0) is 27.6. The zero-order valence-corrected chi connectivity index (χ0v) is 23.4. The van der Waals surface area contributed by atoms with Crippen molar-refractivity contribution in [1.82, 2.24) is 3.97 Å². The Morgan fingerprint density at radius 1 is 1.16 bits per heavy atom. The Labute approximate surface area is 227 Å². The minimum atomic E-state index is -4.32. The third kappa shape index (κ3) is 4.65. The fourth-order valence-electron chi connectivity index (χ4n) is 4.47. The second-order valence-electron chi connectivity index (χ2n) is 8.43. The van der Waals surface area contributed by atoms with Crippen LogP contribution in [0.3, 0.4) is 0 Å². The minimum Gasteiger partial charge on any atom is -0.461 e. The van der Waals surface area contributed by atoms with E-state index in [1.54, 1.807) is 38.1 Å². The van der Waals surface area contributed by atoms with Crippen LogP contribution in [0.25, 0.3) is 28.1 Å². The van der Waals surface area contributed by atoms with Crippen LogP contribution in [0.4, 0.5) is 0 Å². The zero-order valence-electron chi connectivity index (χ0n) is 20.8. The van der Waals surface area contributed by atoms with Gasteiger partial charge >= 0.3 is 14.4 Å². The lowest BCUT2D eigenvalue weighted by Crippen LogP contribution is -2.20. The molecule has 1 atom stereocenters. The lowest BCUT2D eigenvalue weighted by molar-refractivity contribution is 0.0519. The number of rotatable bonds is 7. The van der Waals surface area contributed by atoms with Gasteiger partial charge in [0.2, 0.25) is 5.30 Å². The second kappa shape index (κ2) is 10.9. The number of allylic oxidation sites excluding steroid dienone is 1. The normalized spacial score (nSPS) is 11.8. The van der Waals surface area contributed by atoms with E-state index in [-0.39, 0.29) is 44.0 Å². The number of hydrogen-bond donors (Lipinski definition) is 0. The first-order valence-electron chi connectivity index (χ1n) is 11.6. The second-order valence-corrected chi connectivity index (χ2v) is 11.3. The molecule has 0 spiro atoms. The predicted molar refractivity (Wildman–Crippen MR) is 150 cm³/mol. The van der Waals surface area contributed by atoms with Crippen LogP contribution >= 0.6 is 20.1 Å². The molecule has 3 aromatic carbocycles. The van der Waals surface area contributed by atoms with E-state index in [1.165, 1.54) is 30.3 Å². The number of fused-ring (bicyclic) bond motifs is 1. The maximum atomic E-state index is 14.1. The minimum absolute atomic E-state index is 0.00502. The Kier molecular flexibility index (Phi) is 7.84. The lowest BCUT2D eigenvalue weighted by atomic mass is 9.92. The molecule has 4 aromatic rings. The molecule has 7 nitrogen and oxygen atoms in total. The Hall–Kier alpha value is -3.76. The van der Waals surface area contributed by atoms with Gasteiger partial charge in [-0.05, 0) is 73.4 Å². The largest absolute Gasteiger partial charge is 0.461 e. The van der Waals surface area contributed by atoms with Gasteiger partial charge in [0.25, 0.3) is 10.0 Å². The van der Waals surface area contributed by atoms with E-state index in [9.17, 15) is 17.8 Å². The highest BCUT2D eigenvalue weighted by atomic mass is 35.5. The molecule has 10 heteroatoms. The van der Waals surface area contributed by atoms with Gasteiger partial charge in [-0.25, -0.2) is 17.2 Å². The summed E-state index contributed by atoms with van der Waals surface area (Å²) < 4.78 is 46.9. The highest BCUT2D eigenvalue weighted by Gasteiger charge is 2.36. The van der Waals surface area contributed by atoms with Crippen molar-refractivity contribution in [3.8, 4) is 17.2 Å². The topological polar surface area (TPSA) is 106 Å². The third-order valence-electron chi connectivity index (χ3n) is 6.09. The molecule has 0 aliphatic heterocycles. The van der Waals surface area contributed by atoms with Crippen LogP contribution in [-0.2, 0) is 19.3 Å². The van der Waals surface area contributed by atoms with E-state index in [0.717, 1.165) is 9.54 Å². The van der Waals surface area contributed by atoms with Gasteiger partial charge < -0.3 is 4.74 Å². The van der Waals surface area contributed by atoms with Crippen LogP contribution < -0.4 is 5.30 Å². The number of esters is 1. The molecule has 1 aromatic heterocycles. The van der Waals surface area contributed by atoms with Crippen molar-refractivity contribution in [2.45, 2.75) is 25.7 Å². The number of aromatic nitrogens is 1. The number of hydrogen-bond acceptors (Lipinski definition) is 6. The fraction of sp³-hybridized carbons (Fsp3) is 0.143. The Morgan fingerprint density at radius 2 is 1.87 bits per heavy atom. The molecular weight excluding hydrogens is 543 g/mol. The highest BCUT2D eigenvalue weighted by Crippen LogP contribution is 2.41. The van der Waals surface area contributed by atoms with E-state index >= 15 is 0 Å². The Morgan fingerprint density at radius 3 is 2.50 bits per heavy atom. The van der Waals surface area contributed by atoms with Crippen molar-refractivity contribution in [3.63, 3.8) is 0 Å². The van der Waals surface area contributed by atoms with Gasteiger partial charge in [0.05, 0.1) is 33.5 Å². The number of ether oxygens (including phenoxy) is 1. The van der Waals surface area contributed by atoms with Crippen molar-refractivity contribution in [3.05, 3.63) is 88.1 Å². The van der Waals surface area contributed by atoms with Gasteiger partial charge in [0.15, 0.2) is 5.69 Å². The van der Waals surface area contributed by atoms with Crippen LogP contribution in [0.15, 0.2) is 65.6 Å². The first kappa shape index (κ1) is 27.3. The summed E-state index contributed by atoms with van der Waals surface area (Å²) in [5, 5.41) is 9.72. The smallest absolute Gasteiger partial charge is 0.365 e. The van der Waals surface area contributed by atoms with Gasteiger partial charge in [-0.15, -0.1) is 0 Å². The SMILES string of the molecule is CCOC(=O)c1c(-c2cc(C)cc(C=CC#N)c2C)c2c([PH+]=O)c(Cl)ccc2n1S(=O)(=O)c1ccccc1. The number of aryl methyl sites for hydroxylation is 1. The molecule has 0 radical (unpaired) electrons. The van der Waals surface area contributed by atoms with Gasteiger partial charge in [0.1, 0.15) is 0 Å². The van der Waals surface area contributed by atoms with E-state index in [0.29, 0.717) is 16.7 Å². The van der Waals surface area contributed by atoms with Gasteiger partial charge in [-0.3, -0.25) is 0 Å². The van der Waals surface area contributed by atoms with Gasteiger partial charge in [-0.2, -0.15) is 5.26 Å². The molecule has 38 heavy (non-hydrogen) atoms. The summed E-state index contributed by atoms with van der Waals surface area (Å²) in [7, 11) is -5.34. The van der Waals surface area contributed by atoms with Crippen molar-refractivity contribution >= 4 is 58.3 Å². The number of nitriles is 1. The first-order valence-corrected chi connectivity index (χ1v) is 14.3. The summed E-state index contributed by atoms with van der Waals surface area (Å²) in [5.74, 6) is -0.857. The average molecular weight is 566 g/mol. The van der Waals surface area contributed by atoms with Crippen molar-refractivity contribution < 1.29 is 22.5 Å². The fourth-order valence-corrected chi connectivity index (χ4v) is 6.81. The van der Waals surface area contributed by atoms with Crippen LogP contribution in [0.1, 0.15) is 34.1 Å². The van der Waals surface area contributed by atoms with Crippen LogP contribution in [-0.4, -0.2) is 25.0 Å². The molecule has 192 valence electrons. The average Bonchev–Trinajstić information content (AvgIpc) is 3.25. The van der Waals surface area contributed by atoms with Gasteiger partial charge in [-0.1, -0.05) is 46.5 Å². The summed E-state index contributed by atoms with van der Waals surface area (Å²) in [6, 6.07) is 16.3. The van der Waals surface area contributed by atoms with Crippen molar-refractivity contribution in [2.24, 2.45) is 0 Å². The number of carbonyl (C=O) groups excluding carboxylic acids is 1. The van der Waals surface area contributed by atoms with Gasteiger partial charge in [0, 0.05) is 11.6 Å². The number of benzene rings is 3. The molecule has 0 bridgehead atoms. The van der Waals surface area contributed by atoms with E-state index in [1.807, 2.05) is 25.1 Å². The first-order chi connectivity index (χ1) is 18.2. The number of halogens is 1. The highest BCUT2D eigenvalue weighted by molar-refractivity contribution is 7.90. The molecule has 0 aliphatic carbocycles.